The van der Waals surface area contributed by atoms with Crippen LogP contribution in [-0.4, -0.2) is 5.78 Å². The molecule has 0 unspecified atom stereocenters. The second-order valence-corrected chi connectivity index (χ2v) is 5.99. The van der Waals surface area contributed by atoms with E-state index in [2.05, 4.69) is 22.0 Å². The van der Waals surface area contributed by atoms with Gasteiger partial charge in [0.2, 0.25) is 0 Å². The van der Waals surface area contributed by atoms with Gasteiger partial charge in [0.1, 0.15) is 5.78 Å². The van der Waals surface area contributed by atoms with Gasteiger partial charge in [-0.3, -0.25) is 4.79 Å². The van der Waals surface area contributed by atoms with Crippen molar-refractivity contribution in [3.05, 3.63) is 10.6 Å². The van der Waals surface area contributed by atoms with Crippen LogP contribution in [0.5, 0.6) is 0 Å². The first-order chi connectivity index (χ1) is 6.27. The molecule has 2 heteroatoms. The van der Waals surface area contributed by atoms with Crippen molar-refractivity contribution in [1.29, 1.82) is 0 Å². The molecule has 0 heterocycles. The van der Waals surface area contributed by atoms with Crippen molar-refractivity contribution in [3.8, 4) is 0 Å². The molecular formula is C11H11BrO. The second kappa shape index (κ2) is 1.95. The van der Waals surface area contributed by atoms with Gasteiger partial charge in [-0.2, -0.15) is 0 Å². The van der Waals surface area contributed by atoms with Crippen molar-refractivity contribution >= 4 is 21.7 Å². The summed E-state index contributed by atoms with van der Waals surface area (Å²) in [6, 6.07) is 0. The van der Waals surface area contributed by atoms with Crippen molar-refractivity contribution < 1.29 is 4.79 Å². The van der Waals surface area contributed by atoms with Gasteiger partial charge in [-0.15, -0.1) is 0 Å². The summed E-state index contributed by atoms with van der Waals surface area (Å²) in [4.78, 5) is 11.8. The van der Waals surface area contributed by atoms with Crippen molar-refractivity contribution in [3.63, 3.8) is 0 Å². The first-order valence-electron chi connectivity index (χ1n) is 5.17. The number of rotatable bonds is 0. The summed E-state index contributed by atoms with van der Waals surface area (Å²) in [6.07, 6.45) is 4.64. The lowest BCUT2D eigenvalue weighted by Gasteiger charge is -2.25. The Morgan fingerprint density at radius 2 is 2.08 bits per heavy atom. The van der Waals surface area contributed by atoms with Crippen LogP contribution >= 0.6 is 15.9 Å². The highest BCUT2D eigenvalue weighted by Gasteiger charge is 2.66. The molecule has 0 amide bonds. The Hall–Kier alpha value is -0.110. The maximum Gasteiger partial charge on any atom is 0.137 e. The molecule has 6 atom stereocenters. The minimum atomic E-state index is 0.416. The standard InChI is InChI=1S/C11H11BrO/c12-8-2-4-5-3-9(13)11-7(5)1-6(4)10(8)11/h2,4-7,10-11H,1,3H2/t4-,5+,6+,7+,10-,11-/m1/s1. The normalized spacial score (nSPS) is 60.7. The molecule has 4 rings (SSSR count). The zero-order valence-corrected chi connectivity index (χ0v) is 8.83. The number of carbonyl (C=O) groups excluding carboxylic acids is 1. The Labute approximate surface area is 85.7 Å². The molecule has 3 fully saturated rings. The summed E-state index contributed by atoms with van der Waals surface area (Å²) in [5, 5.41) is 0. The molecule has 0 aliphatic heterocycles. The number of halogens is 1. The van der Waals surface area contributed by atoms with Gasteiger partial charge in [0.05, 0.1) is 0 Å². The van der Waals surface area contributed by atoms with Crippen LogP contribution in [0.2, 0.25) is 0 Å². The number of hydrogen-bond donors (Lipinski definition) is 0. The molecular weight excluding hydrogens is 228 g/mol. The van der Waals surface area contributed by atoms with Crippen molar-refractivity contribution in [2.24, 2.45) is 35.5 Å². The summed E-state index contributed by atoms with van der Waals surface area (Å²) >= 11 is 3.65. The van der Waals surface area contributed by atoms with Gasteiger partial charge in [-0.05, 0) is 34.6 Å². The lowest BCUT2D eigenvalue weighted by atomic mass is 9.79. The molecule has 0 aromatic carbocycles. The number of carbonyl (C=O) groups is 1. The highest BCUT2D eigenvalue weighted by Crippen LogP contribution is 2.69. The van der Waals surface area contributed by atoms with Crippen molar-refractivity contribution in [1.82, 2.24) is 0 Å². The smallest absolute Gasteiger partial charge is 0.137 e. The van der Waals surface area contributed by atoms with E-state index in [4.69, 9.17) is 0 Å². The first kappa shape index (κ1) is 7.22. The van der Waals surface area contributed by atoms with E-state index in [0.717, 1.165) is 30.1 Å². The quantitative estimate of drug-likeness (QED) is 0.634. The third-order valence-corrected chi connectivity index (χ3v) is 5.66. The minimum Gasteiger partial charge on any atom is -0.299 e. The van der Waals surface area contributed by atoms with Crippen LogP contribution in [0.4, 0.5) is 0 Å². The zero-order chi connectivity index (χ0) is 8.74. The Morgan fingerprint density at radius 3 is 2.92 bits per heavy atom. The van der Waals surface area contributed by atoms with E-state index < -0.39 is 0 Å². The average molecular weight is 239 g/mol. The molecule has 0 spiro atoms. The predicted molar refractivity (Wildman–Crippen MR) is 52.2 cm³/mol. The largest absolute Gasteiger partial charge is 0.299 e. The second-order valence-electron chi connectivity index (χ2n) is 5.08. The minimum absolute atomic E-state index is 0.416. The van der Waals surface area contributed by atoms with E-state index in [9.17, 15) is 4.79 Å². The third-order valence-electron chi connectivity index (χ3n) is 4.87. The molecule has 4 aliphatic carbocycles. The first-order valence-corrected chi connectivity index (χ1v) is 5.96. The van der Waals surface area contributed by atoms with Gasteiger partial charge in [-0.1, -0.05) is 22.0 Å². The van der Waals surface area contributed by atoms with Gasteiger partial charge in [-0.25, -0.2) is 0 Å². The van der Waals surface area contributed by atoms with E-state index in [-0.39, 0.29) is 0 Å². The Morgan fingerprint density at radius 1 is 1.23 bits per heavy atom. The highest BCUT2D eigenvalue weighted by atomic mass is 79.9. The van der Waals surface area contributed by atoms with E-state index in [1.54, 1.807) is 0 Å². The van der Waals surface area contributed by atoms with Crippen LogP contribution in [-0.2, 0) is 4.79 Å². The lowest BCUT2D eigenvalue weighted by Crippen LogP contribution is -2.24. The third kappa shape index (κ3) is 0.604. The van der Waals surface area contributed by atoms with Gasteiger partial charge < -0.3 is 0 Å². The average Bonchev–Trinajstić information content (AvgIpc) is 2.67. The summed E-state index contributed by atoms with van der Waals surface area (Å²) in [5.41, 5.74) is 0. The van der Waals surface area contributed by atoms with Gasteiger partial charge in [0.15, 0.2) is 0 Å². The SMILES string of the molecule is O=C1C[C@H]2[C@H]3C=C(Br)[C@H]4[C@H]3C[C@@H]2[C@H]14. The monoisotopic (exact) mass is 238 g/mol. The molecule has 1 nitrogen and oxygen atoms in total. The fourth-order valence-electron chi connectivity index (χ4n) is 4.59. The molecule has 4 aliphatic rings. The van der Waals surface area contributed by atoms with E-state index in [0.29, 0.717) is 17.6 Å². The molecule has 0 saturated heterocycles. The van der Waals surface area contributed by atoms with Gasteiger partial charge in [0, 0.05) is 18.3 Å². The molecule has 0 radical (unpaired) electrons. The molecule has 0 N–H and O–H groups in total. The van der Waals surface area contributed by atoms with Crippen LogP contribution in [0.3, 0.4) is 0 Å². The van der Waals surface area contributed by atoms with Crippen LogP contribution in [0.1, 0.15) is 12.8 Å². The molecule has 0 aromatic rings. The van der Waals surface area contributed by atoms with Gasteiger partial charge in [0.25, 0.3) is 0 Å². The maximum atomic E-state index is 11.8. The predicted octanol–water partition coefficient (Wildman–Crippen LogP) is 2.37. The van der Waals surface area contributed by atoms with Crippen molar-refractivity contribution in [2.75, 3.05) is 0 Å². The number of ketones is 1. The van der Waals surface area contributed by atoms with Crippen LogP contribution in [0, 0.1) is 35.5 Å². The number of Topliss-reactive ketones (excluding diaryl/α,β-unsaturated/α-hetero) is 1. The fourth-order valence-corrected chi connectivity index (χ4v) is 5.52. The van der Waals surface area contributed by atoms with Crippen LogP contribution in [0.15, 0.2) is 10.6 Å². The Bertz CT molecular complexity index is 346. The Balaban J connectivity index is 1.96. The number of hydrogen-bond acceptors (Lipinski definition) is 1. The van der Waals surface area contributed by atoms with E-state index in [1.165, 1.54) is 10.9 Å². The van der Waals surface area contributed by atoms with Crippen molar-refractivity contribution in [2.45, 2.75) is 12.8 Å². The lowest BCUT2D eigenvalue weighted by molar-refractivity contribution is -0.121. The van der Waals surface area contributed by atoms with E-state index in [1.807, 2.05) is 0 Å². The molecule has 13 heavy (non-hydrogen) atoms. The van der Waals surface area contributed by atoms with Crippen LogP contribution < -0.4 is 0 Å². The summed E-state index contributed by atoms with van der Waals surface area (Å²) in [5.74, 6) is 4.66. The maximum absolute atomic E-state index is 11.8. The van der Waals surface area contributed by atoms with Crippen LogP contribution in [0.25, 0.3) is 0 Å². The molecule has 68 valence electrons. The fraction of sp³-hybridized carbons (Fsp3) is 0.727. The van der Waals surface area contributed by atoms with Gasteiger partial charge >= 0.3 is 0 Å². The zero-order valence-electron chi connectivity index (χ0n) is 7.24. The topological polar surface area (TPSA) is 17.1 Å². The van der Waals surface area contributed by atoms with E-state index >= 15 is 0 Å². The summed E-state index contributed by atoms with van der Waals surface area (Å²) < 4.78 is 1.35. The molecule has 2 bridgehead atoms. The highest BCUT2D eigenvalue weighted by molar-refractivity contribution is 9.11. The number of allylic oxidation sites excluding steroid dienone is 2. The number of fused-ring (bicyclic) bond motifs is 2. The molecule has 3 saturated carbocycles. The molecule has 0 aromatic heterocycles. The Kier molecular flexibility index (Phi) is 1.08. The summed E-state index contributed by atoms with van der Waals surface area (Å²) in [7, 11) is 0. The summed E-state index contributed by atoms with van der Waals surface area (Å²) in [6.45, 7) is 0.